The second-order valence-electron chi connectivity index (χ2n) is 10.6. The molecule has 0 spiro atoms. The Bertz CT molecular complexity index is 1080. The highest BCUT2D eigenvalue weighted by atomic mass is 28.3. The van der Waals surface area contributed by atoms with Crippen LogP contribution in [0, 0.1) is 47.5 Å². The van der Waals surface area contributed by atoms with Gasteiger partial charge in [-0.25, -0.2) is 0 Å². The lowest BCUT2D eigenvalue weighted by atomic mass is 10.1. The fourth-order valence-corrected chi connectivity index (χ4v) is 11.4. The average Bonchev–Trinajstić information content (AvgIpc) is 3.17. The first-order chi connectivity index (χ1) is 15.6. The van der Waals surface area contributed by atoms with Gasteiger partial charge in [0.1, 0.15) is 0 Å². The van der Waals surface area contributed by atoms with Crippen molar-refractivity contribution in [1.29, 1.82) is 0 Å². The molecule has 0 amide bonds. The molecule has 4 rings (SSSR count). The van der Waals surface area contributed by atoms with E-state index in [4.69, 9.17) is 0 Å². The van der Waals surface area contributed by atoms with Gasteiger partial charge in [-0.1, -0.05) is 119 Å². The van der Waals surface area contributed by atoms with Crippen molar-refractivity contribution in [2.75, 3.05) is 0 Å². The fraction of sp³-hybridized carbons (Fsp3) is 0.312. The Morgan fingerprint density at radius 2 is 0.879 bits per heavy atom. The Morgan fingerprint density at radius 3 is 1.15 bits per heavy atom. The van der Waals surface area contributed by atoms with Crippen LogP contribution in [0.4, 0.5) is 0 Å². The second kappa shape index (κ2) is 8.95. The Hall–Kier alpha value is -2.64. The molecule has 0 aromatic heterocycles. The molecule has 1 aliphatic carbocycles. The molecule has 0 radical (unpaired) electrons. The average molecular weight is 451 g/mol. The minimum absolute atomic E-state index is 0.548. The highest BCUT2D eigenvalue weighted by Gasteiger charge is 2.44. The van der Waals surface area contributed by atoms with Crippen LogP contribution in [0.1, 0.15) is 53.6 Å². The predicted octanol–water partition coefficient (Wildman–Crippen LogP) is 6.46. The summed E-state index contributed by atoms with van der Waals surface area (Å²) >= 11 is 0. The smallest absolute Gasteiger partial charge is 0.0773 e. The van der Waals surface area contributed by atoms with Gasteiger partial charge in [-0.15, -0.1) is 0 Å². The highest BCUT2D eigenvalue weighted by molar-refractivity contribution is 7.16. The lowest BCUT2D eigenvalue weighted by Gasteiger charge is -2.37. The van der Waals surface area contributed by atoms with E-state index < -0.39 is 8.07 Å². The molecule has 0 fully saturated rings. The Kier molecular flexibility index (Phi) is 6.38. The zero-order valence-corrected chi connectivity index (χ0v) is 22.6. The topological polar surface area (TPSA) is 0 Å². The van der Waals surface area contributed by atoms with Gasteiger partial charge in [-0.2, -0.15) is 0 Å². The molecule has 0 heterocycles. The molecule has 0 bridgehead atoms. The Balaban J connectivity index is 2.18. The summed E-state index contributed by atoms with van der Waals surface area (Å²) in [7, 11) is -2.46. The molecule has 0 aliphatic heterocycles. The maximum atomic E-state index is 2.56. The van der Waals surface area contributed by atoms with Gasteiger partial charge in [0.25, 0.3) is 0 Å². The number of aryl methyl sites for hydroxylation is 6. The van der Waals surface area contributed by atoms with Crippen molar-refractivity contribution >= 4 is 23.6 Å². The lowest BCUT2D eigenvalue weighted by Crippen LogP contribution is -2.69. The van der Waals surface area contributed by atoms with Crippen LogP contribution >= 0.6 is 0 Å². The van der Waals surface area contributed by atoms with E-state index in [9.17, 15) is 0 Å². The highest BCUT2D eigenvalue weighted by Crippen LogP contribution is 2.31. The van der Waals surface area contributed by atoms with E-state index in [1.807, 2.05) is 0 Å². The summed E-state index contributed by atoms with van der Waals surface area (Å²) in [4.78, 5) is 0. The Morgan fingerprint density at radius 1 is 0.545 bits per heavy atom. The van der Waals surface area contributed by atoms with Crippen molar-refractivity contribution in [1.82, 2.24) is 0 Å². The van der Waals surface area contributed by atoms with Gasteiger partial charge in [0.2, 0.25) is 0 Å². The molecule has 0 saturated carbocycles. The summed E-state index contributed by atoms with van der Waals surface area (Å²) in [6.45, 7) is 18.1. The van der Waals surface area contributed by atoms with E-state index in [1.165, 1.54) is 54.5 Å². The van der Waals surface area contributed by atoms with Crippen LogP contribution in [-0.2, 0) is 0 Å². The fourth-order valence-electron chi connectivity index (χ4n) is 5.84. The monoisotopic (exact) mass is 450 g/mol. The zero-order chi connectivity index (χ0) is 23.9. The maximum Gasteiger partial charge on any atom is 0.176 e. The first-order valence-corrected chi connectivity index (χ1v) is 14.3. The normalized spacial score (nSPS) is 14.0. The van der Waals surface area contributed by atoms with Crippen LogP contribution in [0.5, 0.6) is 0 Å². The molecule has 170 valence electrons. The van der Waals surface area contributed by atoms with Crippen LogP contribution in [0.15, 0.2) is 77.5 Å². The van der Waals surface area contributed by atoms with Crippen molar-refractivity contribution in [3.05, 3.63) is 111 Å². The molecule has 33 heavy (non-hydrogen) atoms. The molecular formula is C32H38Si. The van der Waals surface area contributed by atoms with Gasteiger partial charge in [-0.3, -0.25) is 0 Å². The van der Waals surface area contributed by atoms with Gasteiger partial charge >= 0.3 is 0 Å². The van der Waals surface area contributed by atoms with Gasteiger partial charge in [0.05, 0.1) is 0 Å². The second-order valence-corrected chi connectivity index (χ2v) is 14.5. The van der Waals surface area contributed by atoms with Gasteiger partial charge in [-0.05, 0) is 75.0 Å². The van der Waals surface area contributed by atoms with Gasteiger partial charge in [0, 0.05) is 0 Å². The van der Waals surface area contributed by atoms with E-state index in [0.29, 0.717) is 5.92 Å². The molecule has 1 aliphatic rings. The third-order valence-electron chi connectivity index (χ3n) is 7.01. The first-order valence-electron chi connectivity index (χ1n) is 12.3. The van der Waals surface area contributed by atoms with Crippen LogP contribution in [0.3, 0.4) is 0 Å². The van der Waals surface area contributed by atoms with Crippen molar-refractivity contribution in [2.24, 2.45) is 5.92 Å². The summed E-state index contributed by atoms with van der Waals surface area (Å²) in [5.41, 5.74) is 9.60. The zero-order valence-electron chi connectivity index (χ0n) is 21.6. The number of hydrogen-bond donors (Lipinski definition) is 0. The number of allylic oxidation sites excluding steroid dienone is 4. The van der Waals surface area contributed by atoms with Crippen LogP contribution in [-0.4, -0.2) is 8.07 Å². The van der Waals surface area contributed by atoms with Crippen molar-refractivity contribution < 1.29 is 0 Å². The van der Waals surface area contributed by atoms with E-state index in [1.54, 1.807) is 5.20 Å². The molecule has 0 unspecified atom stereocenters. The first kappa shape index (κ1) is 23.5. The van der Waals surface area contributed by atoms with Crippen LogP contribution in [0.25, 0.3) is 0 Å². The summed E-state index contributed by atoms with van der Waals surface area (Å²) < 4.78 is 0. The predicted molar refractivity (Wildman–Crippen MR) is 148 cm³/mol. The lowest BCUT2D eigenvalue weighted by molar-refractivity contribution is 0.793. The minimum Gasteiger partial charge on any atom is -0.0773 e. The van der Waals surface area contributed by atoms with Gasteiger partial charge in [0.15, 0.2) is 8.07 Å². The van der Waals surface area contributed by atoms with Crippen molar-refractivity contribution in [2.45, 2.75) is 61.8 Å². The van der Waals surface area contributed by atoms with Crippen LogP contribution in [0.2, 0.25) is 0 Å². The molecule has 0 nitrogen and oxygen atoms in total. The summed E-state index contributed by atoms with van der Waals surface area (Å²) in [6, 6.07) is 21.8. The number of benzene rings is 3. The molecule has 0 N–H and O–H groups in total. The number of hydrogen-bond acceptors (Lipinski definition) is 0. The van der Waals surface area contributed by atoms with E-state index in [2.05, 4.69) is 122 Å². The van der Waals surface area contributed by atoms with E-state index >= 15 is 0 Å². The summed E-state index contributed by atoms with van der Waals surface area (Å²) in [5, 5.41) is 6.16. The quantitative estimate of drug-likeness (QED) is 0.309. The molecule has 0 atom stereocenters. The molecular weight excluding hydrogens is 412 g/mol. The minimum atomic E-state index is -2.46. The molecule has 3 aromatic rings. The van der Waals surface area contributed by atoms with Gasteiger partial charge < -0.3 is 0 Å². The summed E-state index contributed by atoms with van der Waals surface area (Å²) in [6.07, 6.45) is 6.09. The van der Waals surface area contributed by atoms with E-state index in [-0.39, 0.29) is 0 Å². The largest absolute Gasteiger partial charge is 0.176 e. The third kappa shape index (κ3) is 4.44. The third-order valence-corrected chi connectivity index (χ3v) is 11.8. The molecule has 1 heteroatoms. The Labute approximate surface area is 202 Å². The SMILES string of the molecule is Cc1cc(C)cc([Si](C2=CC(C(C)C)=CC2)(c2cc(C)cc(C)c2)c2cc(C)cc(C)c2)c1. The van der Waals surface area contributed by atoms with E-state index in [0.717, 1.165) is 6.42 Å². The maximum absolute atomic E-state index is 2.56. The summed E-state index contributed by atoms with van der Waals surface area (Å²) in [5.74, 6) is 0.548. The van der Waals surface area contributed by atoms with Crippen molar-refractivity contribution in [3.8, 4) is 0 Å². The standard InChI is InChI=1S/C32H38Si/c1-21(2)28-9-10-29(20-28)33(30-14-22(3)11-23(4)15-30,31-16-24(5)12-25(6)17-31)32-18-26(7)13-27(8)19-32/h9,11-21H,10H2,1-8H3. The molecule has 0 saturated heterocycles. The number of rotatable bonds is 5. The van der Waals surface area contributed by atoms with Crippen LogP contribution < -0.4 is 15.6 Å². The molecule has 3 aromatic carbocycles. The van der Waals surface area contributed by atoms with Crippen molar-refractivity contribution in [3.63, 3.8) is 0 Å².